The zero-order valence-electron chi connectivity index (χ0n) is 28.7. The third kappa shape index (κ3) is 8.37. The number of aliphatic hydroxyl groups is 2. The summed E-state index contributed by atoms with van der Waals surface area (Å²) in [7, 11) is 5.27. The first-order chi connectivity index (χ1) is 20.2. The van der Waals surface area contributed by atoms with Gasteiger partial charge in [-0.1, -0.05) is 27.7 Å². The van der Waals surface area contributed by atoms with Gasteiger partial charge in [0.2, 0.25) is 0 Å². The molecule has 44 heavy (non-hydrogen) atoms. The van der Waals surface area contributed by atoms with Crippen molar-refractivity contribution in [2.75, 3.05) is 21.2 Å². The molecule has 0 aliphatic carbocycles. The van der Waals surface area contributed by atoms with Crippen molar-refractivity contribution in [3.05, 3.63) is 0 Å². The number of ketones is 1. The summed E-state index contributed by atoms with van der Waals surface area (Å²) in [4.78, 5) is 41.3. The number of rotatable bonds is 6. The van der Waals surface area contributed by atoms with E-state index in [1.54, 1.807) is 41.5 Å². The normalized spacial score (nSPS) is 45.0. The van der Waals surface area contributed by atoms with Gasteiger partial charge in [0.25, 0.3) is 0 Å². The van der Waals surface area contributed by atoms with Gasteiger partial charge in [-0.2, -0.15) is 0 Å². The van der Waals surface area contributed by atoms with Crippen LogP contribution in [0.1, 0.15) is 81.6 Å². The maximum atomic E-state index is 13.8. The van der Waals surface area contributed by atoms with Crippen molar-refractivity contribution in [1.82, 2.24) is 4.90 Å². The minimum absolute atomic E-state index is 0.164. The number of ether oxygens (including phenoxy) is 5. The van der Waals surface area contributed by atoms with E-state index in [-0.39, 0.29) is 30.8 Å². The number of methoxy groups -OCH3 is 1. The Morgan fingerprint density at radius 1 is 1.11 bits per heavy atom. The van der Waals surface area contributed by atoms with Crippen LogP contribution >= 0.6 is 0 Å². The van der Waals surface area contributed by atoms with Crippen molar-refractivity contribution >= 4 is 17.7 Å². The van der Waals surface area contributed by atoms with Gasteiger partial charge < -0.3 is 44.5 Å². The van der Waals surface area contributed by atoms with Crippen LogP contribution in [0.3, 0.4) is 0 Å². The highest BCUT2D eigenvalue weighted by atomic mass is 16.7. The lowest BCUT2D eigenvalue weighted by Gasteiger charge is -2.48. The summed E-state index contributed by atoms with van der Waals surface area (Å²) in [6.07, 6.45) is -4.33. The summed E-state index contributed by atoms with van der Waals surface area (Å²) in [5.74, 6) is -4.59. The van der Waals surface area contributed by atoms with Crippen molar-refractivity contribution in [2.24, 2.45) is 29.4 Å². The van der Waals surface area contributed by atoms with Gasteiger partial charge in [0.05, 0.1) is 35.9 Å². The summed E-state index contributed by atoms with van der Waals surface area (Å²) < 4.78 is 30.5. The minimum atomic E-state index is -1.71. The average Bonchev–Trinajstić information content (AvgIpc) is 2.95. The van der Waals surface area contributed by atoms with Crippen molar-refractivity contribution in [3.8, 4) is 0 Å². The van der Waals surface area contributed by atoms with Crippen LogP contribution in [-0.2, 0) is 38.1 Å². The highest BCUT2D eigenvalue weighted by molar-refractivity contribution is 5.83. The number of likely N-dealkylation sites (N-methyl/N-ethyl adjacent to an activating group) is 1. The molecule has 14 atom stereocenters. The molecular formula is C32H58N2O10. The van der Waals surface area contributed by atoms with Crippen LogP contribution in [-0.4, -0.2) is 114 Å². The molecule has 0 aromatic carbocycles. The van der Waals surface area contributed by atoms with Gasteiger partial charge in [-0.25, -0.2) is 0 Å². The topological polar surface area (TPSA) is 167 Å². The van der Waals surface area contributed by atoms with Crippen LogP contribution in [0.15, 0.2) is 0 Å². The number of hydrogen-bond acceptors (Lipinski definition) is 12. The fraction of sp³-hybridized carbons (Fsp3) is 0.906. The molecule has 256 valence electrons. The number of carbonyl (C=O) groups excluding carboxylic acids is 3. The summed E-state index contributed by atoms with van der Waals surface area (Å²) in [5.41, 5.74) is 3.58. The molecule has 2 heterocycles. The number of Topliss-reactive ketones (excluding diaryl/α,β-unsaturated/α-hetero) is 1. The zero-order chi connectivity index (χ0) is 33.9. The van der Waals surface area contributed by atoms with Gasteiger partial charge in [-0.15, -0.1) is 0 Å². The molecule has 0 saturated carbocycles. The number of hydrogen-bond donors (Lipinski definition) is 3. The first-order valence-electron chi connectivity index (χ1n) is 15.8. The van der Waals surface area contributed by atoms with E-state index in [0.29, 0.717) is 6.42 Å². The van der Waals surface area contributed by atoms with E-state index in [2.05, 4.69) is 0 Å². The first-order valence-corrected chi connectivity index (χ1v) is 15.8. The lowest BCUT2D eigenvalue weighted by molar-refractivity contribution is -0.303. The molecule has 0 amide bonds. The Bertz CT molecular complexity index is 992. The fourth-order valence-electron chi connectivity index (χ4n) is 6.93. The van der Waals surface area contributed by atoms with Gasteiger partial charge >= 0.3 is 11.9 Å². The Kier molecular flexibility index (Phi) is 13.4. The molecule has 0 unspecified atom stereocenters. The van der Waals surface area contributed by atoms with Crippen LogP contribution < -0.4 is 5.73 Å². The molecular weight excluding hydrogens is 572 g/mol. The van der Waals surface area contributed by atoms with Gasteiger partial charge in [0.1, 0.15) is 17.5 Å². The van der Waals surface area contributed by atoms with Gasteiger partial charge in [0, 0.05) is 37.8 Å². The lowest BCUT2D eigenvalue weighted by Crippen LogP contribution is -2.62. The Balaban J connectivity index is 2.67. The summed E-state index contributed by atoms with van der Waals surface area (Å²) in [6.45, 7) is 14.9. The van der Waals surface area contributed by atoms with Crippen LogP contribution in [0.5, 0.6) is 0 Å². The van der Waals surface area contributed by atoms with E-state index >= 15 is 0 Å². The second-order valence-corrected chi connectivity index (χ2v) is 13.7. The van der Waals surface area contributed by atoms with E-state index in [1.807, 2.05) is 25.9 Å². The number of nitrogens with zero attached hydrogens (tertiary/aromatic N) is 1. The predicted octanol–water partition coefficient (Wildman–Crippen LogP) is 2.05. The number of cyclic esters (lactones) is 1. The molecule has 0 bridgehead atoms. The Morgan fingerprint density at radius 3 is 2.20 bits per heavy atom. The molecule has 2 saturated heterocycles. The van der Waals surface area contributed by atoms with E-state index in [0.717, 1.165) is 0 Å². The maximum absolute atomic E-state index is 13.8. The summed E-state index contributed by atoms with van der Waals surface area (Å²) >= 11 is 0. The molecule has 0 spiro atoms. The Hall–Kier alpha value is -1.67. The second-order valence-electron chi connectivity index (χ2n) is 13.7. The molecule has 2 fully saturated rings. The van der Waals surface area contributed by atoms with Crippen molar-refractivity contribution in [3.63, 3.8) is 0 Å². The van der Waals surface area contributed by atoms with E-state index in [1.165, 1.54) is 21.0 Å². The summed E-state index contributed by atoms with van der Waals surface area (Å²) in [5, 5.41) is 23.1. The second kappa shape index (κ2) is 15.3. The van der Waals surface area contributed by atoms with Crippen molar-refractivity contribution < 1.29 is 48.3 Å². The molecule has 0 aromatic heterocycles. The first kappa shape index (κ1) is 38.5. The highest BCUT2D eigenvalue weighted by Gasteiger charge is 2.52. The molecule has 0 aromatic rings. The quantitative estimate of drug-likeness (QED) is 0.366. The third-order valence-electron chi connectivity index (χ3n) is 9.94. The third-order valence-corrected chi connectivity index (χ3v) is 9.94. The van der Waals surface area contributed by atoms with Gasteiger partial charge in [-0.3, -0.25) is 14.4 Å². The van der Waals surface area contributed by atoms with Gasteiger partial charge in [-0.05, 0) is 61.1 Å². The van der Waals surface area contributed by atoms with E-state index < -0.39 is 83.6 Å². The average molecular weight is 631 g/mol. The lowest BCUT2D eigenvalue weighted by atomic mass is 9.73. The smallest absolute Gasteiger partial charge is 0.311 e. The monoisotopic (exact) mass is 630 g/mol. The Labute approximate surface area is 263 Å². The largest absolute Gasteiger partial charge is 0.459 e. The Morgan fingerprint density at radius 2 is 1.70 bits per heavy atom. The molecule has 2 aliphatic rings. The number of carbonyl (C=O) groups is 3. The van der Waals surface area contributed by atoms with Crippen LogP contribution in [0.2, 0.25) is 0 Å². The molecule has 4 N–H and O–H groups in total. The standard InChI is InChI=1S/C32H58N2O10/c1-13-23-32(9,39)27(33)18(4)24(36)16(2)15-31(8,40-12)28(19(5)25(37)20(6)29(38)43-23)44-30-26(42-21(7)35)22(34(10)11)14-17(3)41-30/h16-20,22-23,25-28,30,37,39H,13-15,33H2,1-12H3/t16-,17-,18+,19+,20-,22+,23-,25+,26-,27-,28-,30+,31-,32-/m1/s1. The molecule has 12 heteroatoms. The van der Waals surface area contributed by atoms with E-state index in [4.69, 9.17) is 29.4 Å². The predicted molar refractivity (Wildman–Crippen MR) is 163 cm³/mol. The number of nitrogens with two attached hydrogens (primary N) is 1. The molecule has 2 rings (SSSR count). The van der Waals surface area contributed by atoms with E-state index in [9.17, 15) is 24.6 Å². The fourth-order valence-corrected chi connectivity index (χ4v) is 6.93. The maximum Gasteiger partial charge on any atom is 0.311 e. The minimum Gasteiger partial charge on any atom is -0.459 e. The molecule has 12 nitrogen and oxygen atoms in total. The SMILES string of the molecule is CC[C@H]1OC(=O)[C@H](C)[C@@H](O)[C@H](C)[C@@H](O[C@@H]2O[C@H](C)C[C@H](N(C)C)[C@H]2OC(C)=O)[C@](C)(OC)C[C@@H](C)C(=O)[C@H](C)[C@@H](N)[C@]1(C)O. The van der Waals surface area contributed by atoms with Crippen LogP contribution in [0.25, 0.3) is 0 Å². The molecule has 2 aliphatic heterocycles. The number of aliphatic hydroxyl groups excluding tert-OH is 1. The zero-order valence-corrected chi connectivity index (χ0v) is 28.7. The molecule has 0 radical (unpaired) electrons. The van der Waals surface area contributed by atoms with Crippen molar-refractivity contribution in [1.29, 1.82) is 0 Å². The van der Waals surface area contributed by atoms with Gasteiger partial charge in [0.15, 0.2) is 12.4 Å². The van der Waals surface area contributed by atoms with Crippen molar-refractivity contribution in [2.45, 2.75) is 142 Å². The van der Waals surface area contributed by atoms with Crippen LogP contribution in [0.4, 0.5) is 0 Å². The number of esters is 2. The van der Waals surface area contributed by atoms with Crippen LogP contribution in [0, 0.1) is 23.7 Å². The summed E-state index contributed by atoms with van der Waals surface area (Å²) in [6, 6.07) is -1.27. The highest BCUT2D eigenvalue weighted by Crippen LogP contribution is 2.39.